The first kappa shape index (κ1) is 27.3. The number of fused-ring (bicyclic) bond motifs is 2. The normalized spacial score (nSPS) is 15.8. The van der Waals surface area contributed by atoms with Gasteiger partial charge in [0.25, 0.3) is 0 Å². The number of anilines is 1. The minimum atomic E-state index is -0.775. The number of aryl methyl sites for hydroxylation is 1. The number of pyridine rings is 1. The second kappa shape index (κ2) is 10.4. The fraction of sp³-hybridized carbons (Fsp3) is 0.400. The first-order valence-corrected chi connectivity index (χ1v) is 13.4. The molecule has 0 saturated carbocycles. The summed E-state index contributed by atoms with van der Waals surface area (Å²) in [5.74, 6) is -0.310. The number of ether oxygens (including phenoxy) is 2. The number of benzene rings is 1. The van der Waals surface area contributed by atoms with Gasteiger partial charge in [-0.15, -0.1) is 6.58 Å². The van der Waals surface area contributed by atoms with E-state index in [1.54, 1.807) is 49.2 Å². The van der Waals surface area contributed by atoms with Gasteiger partial charge in [0.05, 0.1) is 17.4 Å². The first-order chi connectivity index (χ1) is 19.0. The Hall–Kier alpha value is -4.23. The van der Waals surface area contributed by atoms with Crippen molar-refractivity contribution in [2.75, 3.05) is 11.9 Å². The van der Waals surface area contributed by atoms with Gasteiger partial charge in [0.2, 0.25) is 0 Å². The van der Waals surface area contributed by atoms with Gasteiger partial charge in [-0.1, -0.05) is 6.08 Å². The highest BCUT2D eigenvalue weighted by molar-refractivity contribution is 6.01. The Kier molecular flexibility index (Phi) is 7.10. The van der Waals surface area contributed by atoms with Gasteiger partial charge < -0.3 is 9.47 Å². The lowest BCUT2D eigenvalue weighted by Gasteiger charge is -2.24. The summed E-state index contributed by atoms with van der Waals surface area (Å²) >= 11 is 0. The zero-order chi connectivity index (χ0) is 28.8. The Labute approximate surface area is 232 Å². The van der Waals surface area contributed by atoms with Crippen LogP contribution in [0.4, 0.5) is 15.0 Å². The molecule has 4 heterocycles. The topological polar surface area (TPSA) is 107 Å². The second-order valence-electron chi connectivity index (χ2n) is 11.1. The van der Waals surface area contributed by atoms with Crippen molar-refractivity contribution in [1.29, 1.82) is 5.26 Å². The number of nitrogens with zero attached hydrogens (tertiary/aromatic N) is 5. The maximum atomic E-state index is 15.7. The van der Waals surface area contributed by atoms with E-state index >= 15 is 4.39 Å². The van der Waals surface area contributed by atoms with E-state index in [1.807, 2.05) is 13.0 Å². The first-order valence-electron chi connectivity index (χ1n) is 13.4. The minimum Gasteiger partial charge on any atom is -0.444 e. The standard InChI is InChI=1S/C30H33FN6O3/c1-7-10-19-13-20-21(15-32)28(35-29(38)40-30(4,5)6)36(27(20)34-18(19)3)26-17(2)23(31)14-24-22(26)16-33-37(24)25-11-8-9-12-39-25/h7,13-14,16,25H,1,8-12H2,2-6H3,(H,35,38). The Morgan fingerprint density at radius 2 is 2.10 bits per heavy atom. The number of hydrogen-bond acceptors (Lipinski definition) is 6. The highest BCUT2D eigenvalue weighted by Crippen LogP contribution is 2.39. The number of nitrogens with one attached hydrogen (secondary N) is 1. The van der Waals surface area contributed by atoms with Gasteiger partial charge in [-0.3, -0.25) is 9.88 Å². The van der Waals surface area contributed by atoms with Gasteiger partial charge in [-0.2, -0.15) is 10.4 Å². The molecule has 10 heteroatoms. The number of nitriles is 1. The quantitative estimate of drug-likeness (QED) is 0.278. The highest BCUT2D eigenvalue weighted by Gasteiger charge is 2.29. The van der Waals surface area contributed by atoms with Crippen LogP contribution in [0.3, 0.4) is 0 Å². The van der Waals surface area contributed by atoms with Crippen LogP contribution in [0.5, 0.6) is 0 Å². The van der Waals surface area contributed by atoms with E-state index in [1.165, 1.54) is 6.07 Å². The molecule has 208 valence electrons. The summed E-state index contributed by atoms with van der Waals surface area (Å²) in [4.78, 5) is 17.9. The van der Waals surface area contributed by atoms with E-state index in [2.05, 4.69) is 23.1 Å². The fourth-order valence-corrected chi connectivity index (χ4v) is 5.22. The van der Waals surface area contributed by atoms with E-state index in [0.29, 0.717) is 46.2 Å². The molecule has 1 aliphatic heterocycles. The Morgan fingerprint density at radius 3 is 2.75 bits per heavy atom. The minimum absolute atomic E-state index is 0.145. The largest absolute Gasteiger partial charge is 0.444 e. The molecule has 0 bridgehead atoms. The Bertz CT molecular complexity index is 1680. The second-order valence-corrected chi connectivity index (χ2v) is 11.1. The monoisotopic (exact) mass is 544 g/mol. The van der Waals surface area contributed by atoms with Crippen molar-refractivity contribution in [3.8, 4) is 11.8 Å². The van der Waals surface area contributed by atoms with Crippen LogP contribution in [0.15, 0.2) is 31.0 Å². The van der Waals surface area contributed by atoms with Crippen molar-refractivity contribution in [3.63, 3.8) is 0 Å². The molecule has 1 unspecified atom stereocenters. The average molecular weight is 545 g/mol. The number of amides is 1. The van der Waals surface area contributed by atoms with Gasteiger partial charge in [-0.05, 0) is 71.9 Å². The molecule has 1 aliphatic rings. The lowest BCUT2D eigenvalue weighted by atomic mass is 10.1. The number of aromatic nitrogens is 4. The lowest BCUT2D eigenvalue weighted by Crippen LogP contribution is -2.28. The van der Waals surface area contributed by atoms with Crippen molar-refractivity contribution in [3.05, 3.63) is 59.2 Å². The van der Waals surface area contributed by atoms with Gasteiger partial charge in [0, 0.05) is 34.7 Å². The van der Waals surface area contributed by atoms with Crippen molar-refractivity contribution in [2.24, 2.45) is 0 Å². The molecular weight excluding hydrogens is 511 g/mol. The SMILES string of the molecule is C=CCc1cc2c(C#N)c(NC(=O)OC(C)(C)C)n(-c3c(C)c(F)cc4c3cnn4C3CCCCO3)c2nc1C. The third-order valence-corrected chi connectivity index (χ3v) is 7.05. The summed E-state index contributed by atoms with van der Waals surface area (Å²) in [5.41, 5.74) is 2.75. The molecule has 0 aliphatic carbocycles. The Balaban J connectivity index is 1.83. The van der Waals surface area contributed by atoms with Gasteiger partial charge >= 0.3 is 6.09 Å². The molecule has 4 aromatic rings. The van der Waals surface area contributed by atoms with Crippen LogP contribution in [-0.4, -0.2) is 37.6 Å². The zero-order valence-electron chi connectivity index (χ0n) is 23.5. The number of allylic oxidation sites excluding steroid dienone is 1. The van der Waals surface area contributed by atoms with E-state index in [-0.39, 0.29) is 17.6 Å². The zero-order valence-corrected chi connectivity index (χ0v) is 23.5. The number of hydrogen-bond donors (Lipinski definition) is 1. The lowest BCUT2D eigenvalue weighted by molar-refractivity contribution is -0.0366. The van der Waals surface area contributed by atoms with Crippen LogP contribution in [0.2, 0.25) is 0 Å². The van der Waals surface area contributed by atoms with Crippen molar-refractivity contribution >= 4 is 33.8 Å². The van der Waals surface area contributed by atoms with Gasteiger partial charge in [0.1, 0.15) is 34.5 Å². The molecule has 0 radical (unpaired) electrons. The number of halogens is 1. The number of carbonyl (C=O) groups excluding carboxylic acids is 1. The molecule has 5 rings (SSSR count). The van der Waals surface area contributed by atoms with Crippen LogP contribution < -0.4 is 5.32 Å². The highest BCUT2D eigenvalue weighted by atomic mass is 19.1. The van der Waals surface area contributed by atoms with Crippen LogP contribution in [0.1, 0.15) is 68.6 Å². The number of carbonyl (C=O) groups is 1. The number of rotatable bonds is 5. The van der Waals surface area contributed by atoms with Crippen molar-refractivity contribution in [2.45, 2.75) is 72.1 Å². The van der Waals surface area contributed by atoms with Crippen molar-refractivity contribution < 1.29 is 18.7 Å². The summed E-state index contributed by atoms with van der Waals surface area (Å²) < 4.78 is 30.5. The predicted molar refractivity (Wildman–Crippen MR) is 151 cm³/mol. The molecule has 1 atom stereocenters. The van der Waals surface area contributed by atoms with E-state index < -0.39 is 17.5 Å². The predicted octanol–water partition coefficient (Wildman–Crippen LogP) is 6.78. The Morgan fingerprint density at radius 1 is 1.32 bits per heavy atom. The molecular formula is C30H33FN6O3. The summed E-state index contributed by atoms with van der Waals surface area (Å²) in [6.45, 7) is 13.2. The molecule has 9 nitrogen and oxygen atoms in total. The van der Waals surface area contributed by atoms with Gasteiger partial charge in [-0.25, -0.2) is 18.9 Å². The molecule has 0 spiro atoms. The molecule has 1 N–H and O–H groups in total. The van der Waals surface area contributed by atoms with Crippen LogP contribution in [0.25, 0.3) is 27.6 Å². The maximum absolute atomic E-state index is 15.7. The molecule has 1 saturated heterocycles. The van der Waals surface area contributed by atoms with Crippen LogP contribution in [0, 0.1) is 31.0 Å². The van der Waals surface area contributed by atoms with E-state index in [0.717, 1.165) is 30.5 Å². The average Bonchev–Trinajstić information content (AvgIpc) is 3.43. The molecule has 1 aromatic carbocycles. The molecule has 1 fully saturated rings. The summed E-state index contributed by atoms with van der Waals surface area (Å²) in [6.07, 6.45) is 5.66. The third kappa shape index (κ3) is 4.82. The van der Waals surface area contributed by atoms with Crippen LogP contribution in [-0.2, 0) is 15.9 Å². The molecule has 40 heavy (non-hydrogen) atoms. The van der Waals surface area contributed by atoms with E-state index in [9.17, 15) is 10.1 Å². The molecule has 3 aromatic heterocycles. The summed E-state index contributed by atoms with van der Waals surface area (Å²) in [5, 5.41) is 18.8. The van der Waals surface area contributed by atoms with Gasteiger partial charge in [0.15, 0.2) is 6.23 Å². The fourth-order valence-electron chi connectivity index (χ4n) is 5.22. The third-order valence-electron chi connectivity index (χ3n) is 7.05. The summed E-state index contributed by atoms with van der Waals surface area (Å²) in [7, 11) is 0. The maximum Gasteiger partial charge on any atom is 0.413 e. The van der Waals surface area contributed by atoms with E-state index in [4.69, 9.17) is 14.5 Å². The van der Waals surface area contributed by atoms with Crippen LogP contribution >= 0.6 is 0 Å². The van der Waals surface area contributed by atoms with Crippen molar-refractivity contribution in [1.82, 2.24) is 19.3 Å². The summed E-state index contributed by atoms with van der Waals surface area (Å²) in [6, 6.07) is 5.56. The smallest absolute Gasteiger partial charge is 0.413 e. The molecule has 1 amide bonds.